The van der Waals surface area contributed by atoms with E-state index in [2.05, 4.69) is 9.29 Å². The highest BCUT2D eigenvalue weighted by molar-refractivity contribution is 7.89. The number of carboxylic acids is 1. The first-order chi connectivity index (χ1) is 24.4. The van der Waals surface area contributed by atoms with Gasteiger partial charge in [-0.25, -0.2) is 17.9 Å². The molecule has 0 aliphatic rings. The summed E-state index contributed by atoms with van der Waals surface area (Å²) in [5.41, 5.74) is 3.49. The van der Waals surface area contributed by atoms with Crippen LogP contribution >= 0.6 is 11.6 Å². The molecule has 0 aliphatic heterocycles. The van der Waals surface area contributed by atoms with Crippen molar-refractivity contribution in [3.63, 3.8) is 0 Å². The molecule has 262 valence electrons. The van der Waals surface area contributed by atoms with Gasteiger partial charge in [0.2, 0.25) is 10.0 Å². The summed E-state index contributed by atoms with van der Waals surface area (Å²) < 4.78 is 77.5. The van der Waals surface area contributed by atoms with Crippen LogP contribution in [0.4, 0.5) is 13.2 Å². The Bertz CT molecular complexity index is 2220. The predicted molar refractivity (Wildman–Crippen MR) is 190 cm³/mol. The SMILES string of the molecule is O=C(O)c1ccc(OCCc2c(CCNS(=O)(=O)c3cccc(C(F)(F)F)c3)n(C(c3ccccc3)c3ccccc3)c3ccc(Cl)cc23)cc1. The largest absolute Gasteiger partial charge is 0.493 e. The standard InChI is InChI=1S/C39H32ClF3N2O5S/c40-30-16-19-35-34(25-30)33(21-23-50-31-17-14-28(15-18-31)38(46)47)36(20-22-44-51(48,49)32-13-7-12-29(24-32)39(41,42)43)45(35)37(26-8-3-1-4-9-26)27-10-5-2-6-11-27/h1-19,24-25,37,44H,20-23H2,(H,46,47). The number of sulfonamides is 1. The molecule has 1 aromatic heterocycles. The van der Waals surface area contributed by atoms with Gasteiger partial charge >= 0.3 is 12.1 Å². The molecule has 5 aromatic carbocycles. The van der Waals surface area contributed by atoms with Crippen molar-refractivity contribution in [3.05, 3.63) is 166 Å². The van der Waals surface area contributed by atoms with E-state index in [-0.39, 0.29) is 31.2 Å². The lowest BCUT2D eigenvalue weighted by molar-refractivity contribution is -0.137. The summed E-state index contributed by atoms with van der Waals surface area (Å²) in [6.07, 6.45) is -4.16. The first kappa shape index (κ1) is 35.7. The van der Waals surface area contributed by atoms with Crippen molar-refractivity contribution in [2.45, 2.75) is 30.0 Å². The number of rotatable bonds is 13. The zero-order chi connectivity index (χ0) is 36.2. The van der Waals surface area contributed by atoms with Gasteiger partial charge in [0.05, 0.1) is 28.7 Å². The average molecular weight is 733 g/mol. The van der Waals surface area contributed by atoms with Crippen LogP contribution in [0.25, 0.3) is 10.9 Å². The van der Waals surface area contributed by atoms with Crippen LogP contribution in [0.5, 0.6) is 5.75 Å². The third-order valence-corrected chi connectivity index (χ3v) is 10.2. The second-order valence-electron chi connectivity index (χ2n) is 11.8. The lowest BCUT2D eigenvalue weighted by atomic mass is 9.97. The number of aromatic carboxylic acids is 1. The fraction of sp³-hybridized carbons (Fsp3) is 0.154. The highest BCUT2D eigenvalue weighted by atomic mass is 35.5. The minimum Gasteiger partial charge on any atom is -0.493 e. The predicted octanol–water partition coefficient (Wildman–Crippen LogP) is 8.79. The maximum atomic E-state index is 13.4. The number of nitrogens with zero attached hydrogens (tertiary/aromatic N) is 1. The first-order valence-corrected chi connectivity index (χ1v) is 17.8. The van der Waals surface area contributed by atoms with Gasteiger partial charge in [-0.15, -0.1) is 0 Å². The molecule has 0 fully saturated rings. The van der Waals surface area contributed by atoms with Crippen molar-refractivity contribution in [1.82, 2.24) is 9.29 Å². The van der Waals surface area contributed by atoms with Crippen LogP contribution in [-0.4, -0.2) is 37.2 Å². The third kappa shape index (κ3) is 8.12. The number of carboxylic acid groups (broad SMARTS) is 1. The fourth-order valence-corrected chi connectivity index (χ4v) is 7.45. The molecule has 12 heteroatoms. The van der Waals surface area contributed by atoms with Crippen molar-refractivity contribution in [2.75, 3.05) is 13.2 Å². The van der Waals surface area contributed by atoms with E-state index in [1.54, 1.807) is 18.2 Å². The summed E-state index contributed by atoms with van der Waals surface area (Å²) in [6.45, 7) is 0.0752. The van der Waals surface area contributed by atoms with Crippen molar-refractivity contribution >= 4 is 38.5 Å². The molecule has 0 saturated carbocycles. The Morgan fingerprint density at radius 3 is 2.08 bits per heavy atom. The highest BCUT2D eigenvalue weighted by Gasteiger charge is 2.32. The maximum absolute atomic E-state index is 13.4. The summed E-state index contributed by atoms with van der Waals surface area (Å²) in [4.78, 5) is 10.8. The number of carbonyl (C=O) groups is 1. The molecule has 6 aromatic rings. The number of hydrogen-bond donors (Lipinski definition) is 2. The molecular formula is C39H32ClF3N2O5S. The van der Waals surface area contributed by atoms with E-state index in [1.807, 2.05) is 72.8 Å². The van der Waals surface area contributed by atoms with E-state index in [0.717, 1.165) is 51.5 Å². The Morgan fingerprint density at radius 2 is 1.47 bits per heavy atom. The van der Waals surface area contributed by atoms with E-state index in [1.165, 1.54) is 12.1 Å². The van der Waals surface area contributed by atoms with Crippen LogP contribution in [0.3, 0.4) is 0 Å². The zero-order valence-corrected chi connectivity index (χ0v) is 28.6. The number of aromatic nitrogens is 1. The Balaban J connectivity index is 1.42. The molecule has 7 nitrogen and oxygen atoms in total. The Kier molecular flexibility index (Phi) is 10.5. The van der Waals surface area contributed by atoms with Crippen molar-refractivity contribution in [2.24, 2.45) is 0 Å². The number of benzene rings is 5. The monoisotopic (exact) mass is 732 g/mol. The van der Waals surface area contributed by atoms with Gasteiger partial charge in [0.25, 0.3) is 0 Å². The van der Waals surface area contributed by atoms with Gasteiger partial charge in [0.15, 0.2) is 0 Å². The van der Waals surface area contributed by atoms with Crippen LogP contribution in [-0.2, 0) is 29.0 Å². The molecule has 0 radical (unpaired) electrons. The molecule has 0 atom stereocenters. The number of nitrogens with one attached hydrogen (secondary N) is 1. The van der Waals surface area contributed by atoms with Gasteiger partial charge in [-0.1, -0.05) is 78.3 Å². The molecule has 51 heavy (non-hydrogen) atoms. The summed E-state index contributed by atoms with van der Waals surface area (Å²) in [6, 6.07) is 34.6. The van der Waals surface area contributed by atoms with Crippen LogP contribution < -0.4 is 9.46 Å². The van der Waals surface area contributed by atoms with E-state index >= 15 is 0 Å². The van der Waals surface area contributed by atoms with Crippen LogP contribution in [0, 0.1) is 0 Å². The normalized spacial score (nSPS) is 12.0. The number of hydrogen-bond acceptors (Lipinski definition) is 4. The topological polar surface area (TPSA) is 97.6 Å². The minimum absolute atomic E-state index is 0.122. The van der Waals surface area contributed by atoms with Gasteiger partial charge < -0.3 is 14.4 Å². The number of halogens is 4. The molecule has 2 N–H and O–H groups in total. The van der Waals surface area contributed by atoms with Gasteiger partial charge in [-0.05, 0) is 77.4 Å². The zero-order valence-electron chi connectivity index (χ0n) is 27.0. The quantitative estimate of drug-likeness (QED) is 0.124. The third-order valence-electron chi connectivity index (χ3n) is 8.52. The molecule has 6 rings (SSSR count). The van der Waals surface area contributed by atoms with Gasteiger partial charge in [-0.3, -0.25) is 0 Å². The van der Waals surface area contributed by atoms with E-state index in [4.69, 9.17) is 16.3 Å². The molecular weight excluding hydrogens is 701 g/mol. The van der Waals surface area contributed by atoms with Crippen LogP contribution in [0.1, 0.15) is 44.3 Å². The molecule has 0 bridgehead atoms. The summed E-state index contributed by atoms with van der Waals surface area (Å²) in [5, 5.41) is 10.6. The lowest BCUT2D eigenvalue weighted by Gasteiger charge is -2.25. The minimum atomic E-state index is -4.70. The molecule has 0 unspecified atom stereocenters. The molecule has 0 spiro atoms. The summed E-state index contributed by atoms with van der Waals surface area (Å²) >= 11 is 6.55. The molecule has 0 saturated heterocycles. The molecule has 0 aliphatic carbocycles. The van der Waals surface area contributed by atoms with E-state index < -0.39 is 32.6 Å². The van der Waals surface area contributed by atoms with Crippen LogP contribution in [0.15, 0.2) is 132 Å². The van der Waals surface area contributed by atoms with Crippen molar-refractivity contribution < 1.29 is 36.2 Å². The Morgan fingerprint density at radius 1 is 0.824 bits per heavy atom. The molecule has 1 heterocycles. The van der Waals surface area contributed by atoms with Crippen molar-refractivity contribution in [1.29, 1.82) is 0 Å². The van der Waals surface area contributed by atoms with Gasteiger partial charge in [-0.2, -0.15) is 13.2 Å². The van der Waals surface area contributed by atoms with Gasteiger partial charge in [0, 0.05) is 41.0 Å². The van der Waals surface area contributed by atoms with E-state index in [0.29, 0.717) is 23.3 Å². The second kappa shape index (κ2) is 15.0. The average Bonchev–Trinajstić information content (AvgIpc) is 3.40. The van der Waals surface area contributed by atoms with Gasteiger partial charge in [0.1, 0.15) is 5.75 Å². The Hall–Kier alpha value is -5.10. The highest BCUT2D eigenvalue weighted by Crippen LogP contribution is 2.38. The molecule has 0 amide bonds. The Labute approximate surface area is 297 Å². The number of fused-ring (bicyclic) bond motifs is 1. The van der Waals surface area contributed by atoms with Crippen molar-refractivity contribution in [3.8, 4) is 5.75 Å². The second-order valence-corrected chi connectivity index (χ2v) is 14.0. The number of ether oxygens (including phenoxy) is 1. The summed E-state index contributed by atoms with van der Waals surface area (Å²) in [7, 11) is -4.31. The number of alkyl halides is 3. The van der Waals surface area contributed by atoms with Crippen LogP contribution in [0.2, 0.25) is 5.02 Å². The summed E-state index contributed by atoms with van der Waals surface area (Å²) in [5.74, 6) is -0.574. The maximum Gasteiger partial charge on any atom is 0.416 e. The van der Waals surface area contributed by atoms with E-state index in [9.17, 15) is 31.5 Å². The first-order valence-electron chi connectivity index (χ1n) is 16.0. The fourth-order valence-electron chi connectivity index (χ4n) is 6.20. The smallest absolute Gasteiger partial charge is 0.416 e. The lowest BCUT2D eigenvalue weighted by Crippen LogP contribution is -2.28.